The highest BCUT2D eigenvalue weighted by atomic mass is 31.0. The molecule has 3 aromatic rings. The van der Waals surface area contributed by atoms with Crippen LogP contribution >= 0.6 is 9.24 Å². The molecule has 0 bridgehead atoms. The molecule has 4 N–H and O–H groups in total. The van der Waals surface area contributed by atoms with Crippen LogP contribution in [-0.2, 0) is 11.3 Å². The number of Topliss-reactive ketones (excluding diaryl/α,β-unsaturated/α-hetero) is 1. The molecule has 0 aliphatic rings. The number of rotatable bonds is 5. The molecular formula is C18H23N6O2P. The van der Waals surface area contributed by atoms with Gasteiger partial charge in [0.05, 0.1) is 12.9 Å². The predicted octanol–water partition coefficient (Wildman–Crippen LogP) is 2.02. The molecule has 1 aromatic carbocycles. The van der Waals surface area contributed by atoms with Crippen molar-refractivity contribution in [1.29, 1.82) is 0 Å². The second kappa shape index (κ2) is 6.87. The number of ether oxygens (including phenoxy) is 1. The van der Waals surface area contributed by atoms with Crippen LogP contribution in [0.25, 0.3) is 11.2 Å². The summed E-state index contributed by atoms with van der Waals surface area (Å²) in [6.45, 7) is 6.03. The van der Waals surface area contributed by atoms with Gasteiger partial charge in [0, 0.05) is 12.7 Å². The Hall–Kier alpha value is -2.57. The SMILES string of the molecule is COC(P)(Cn1cnc2c(N)nc(N)nc21)C(=O)c1c(C)cc(C)cc1C. The van der Waals surface area contributed by atoms with Crippen molar-refractivity contribution < 1.29 is 9.53 Å². The van der Waals surface area contributed by atoms with E-state index in [0.29, 0.717) is 16.7 Å². The lowest BCUT2D eigenvalue weighted by molar-refractivity contribution is 0.0408. The van der Waals surface area contributed by atoms with Gasteiger partial charge in [-0.15, -0.1) is 0 Å². The summed E-state index contributed by atoms with van der Waals surface area (Å²) < 4.78 is 7.33. The fourth-order valence-corrected chi connectivity index (χ4v) is 3.67. The molecular weight excluding hydrogens is 363 g/mol. The summed E-state index contributed by atoms with van der Waals surface area (Å²) in [4.78, 5) is 25.7. The molecule has 0 saturated heterocycles. The van der Waals surface area contributed by atoms with E-state index < -0.39 is 5.34 Å². The Morgan fingerprint density at radius 2 is 1.85 bits per heavy atom. The van der Waals surface area contributed by atoms with Crippen LogP contribution in [0.2, 0.25) is 0 Å². The van der Waals surface area contributed by atoms with E-state index >= 15 is 0 Å². The summed E-state index contributed by atoms with van der Waals surface area (Å²) >= 11 is 0. The van der Waals surface area contributed by atoms with Gasteiger partial charge in [-0.05, 0) is 31.9 Å². The number of nitrogens with zero attached hydrogens (tertiary/aromatic N) is 4. The fourth-order valence-electron chi connectivity index (χ4n) is 3.33. The molecule has 9 heteroatoms. The van der Waals surface area contributed by atoms with Crippen LogP contribution in [0, 0.1) is 20.8 Å². The maximum atomic E-state index is 13.4. The van der Waals surface area contributed by atoms with E-state index in [9.17, 15) is 4.79 Å². The van der Waals surface area contributed by atoms with Crippen LogP contribution < -0.4 is 11.5 Å². The molecule has 0 spiro atoms. The summed E-state index contributed by atoms with van der Waals surface area (Å²) in [6.07, 6.45) is 1.55. The Labute approximate surface area is 159 Å². The van der Waals surface area contributed by atoms with E-state index in [1.807, 2.05) is 32.9 Å². The lowest BCUT2D eigenvalue weighted by Crippen LogP contribution is -2.39. The fraction of sp³-hybridized carbons (Fsp3) is 0.333. The number of carbonyl (C=O) groups excluding carboxylic acids is 1. The number of benzene rings is 1. The number of fused-ring (bicyclic) bond motifs is 1. The molecule has 142 valence electrons. The largest absolute Gasteiger partial charge is 0.382 e. The highest BCUT2D eigenvalue weighted by Gasteiger charge is 2.37. The molecule has 2 heterocycles. The number of imidazole rings is 1. The van der Waals surface area contributed by atoms with Crippen molar-refractivity contribution in [3.8, 4) is 0 Å². The number of hydrogen-bond donors (Lipinski definition) is 2. The predicted molar refractivity (Wildman–Crippen MR) is 109 cm³/mol. The van der Waals surface area contributed by atoms with Gasteiger partial charge in [-0.3, -0.25) is 4.79 Å². The number of nitrogens with two attached hydrogens (primary N) is 2. The third-order valence-electron chi connectivity index (χ3n) is 4.57. The minimum absolute atomic E-state index is 0.0464. The van der Waals surface area contributed by atoms with Gasteiger partial charge < -0.3 is 20.8 Å². The van der Waals surface area contributed by atoms with Crippen LogP contribution in [0.15, 0.2) is 18.5 Å². The quantitative estimate of drug-likeness (QED) is 0.508. The van der Waals surface area contributed by atoms with E-state index in [2.05, 4.69) is 24.2 Å². The van der Waals surface area contributed by atoms with Gasteiger partial charge in [0.15, 0.2) is 16.8 Å². The van der Waals surface area contributed by atoms with Gasteiger partial charge in [0.2, 0.25) is 11.7 Å². The van der Waals surface area contributed by atoms with Crippen LogP contribution in [0.5, 0.6) is 0 Å². The molecule has 8 nitrogen and oxygen atoms in total. The Morgan fingerprint density at radius 1 is 1.22 bits per heavy atom. The number of aromatic nitrogens is 4. The Kier molecular flexibility index (Phi) is 4.88. The molecule has 2 atom stereocenters. The van der Waals surface area contributed by atoms with Crippen molar-refractivity contribution in [2.24, 2.45) is 0 Å². The van der Waals surface area contributed by atoms with Crippen molar-refractivity contribution in [1.82, 2.24) is 19.5 Å². The highest BCUT2D eigenvalue weighted by Crippen LogP contribution is 2.31. The van der Waals surface area contributed by atoms with Crippen molar-refractivity contribution >= 4 is 38.0 Å². The minimum atomic E-state index is -1.20. The second-order valence-electron chi connectivity index (χ2n) is 6.71. The van der Waals surface area contributed by atoms with Crippen LogP contribution in [0.3, 0.4) is 0 Å². The molecule has 0 aliphatic carbocycles. The minimum Gasteiger partial charge on any atom is -0.382 e. The number of nitrogen functional groups attached to an aromatic ring is 2. The first-order valence-corrected chi connectivity index (χ1v) is 8.94. The van der Waals surface area contributed by atoms with Gasteiger partial charge in [0.25, 0.3) is 0 Å². The van der Waals surface area contributed by atoms with E-state index in [1.54, 1.807) is 10.9 Å². The van der Waals surface area contributed by atoms with Gasteiger partial charge in [-0.1, -0.05) is 26.9 Å². The first-order chi connectivity index (χ1) is 12.7. The normalized spacial score (nSPS) is 13.7. The van der Waals surface area contributed by atoms with Crippen molar-refractivity contribution in [3.05, 3.63) is 40.7 Å². The Morgan fingerprint density at radius 3 is 2.44 bits per heavy atom. The Bertz CT molecular complexity index is 1020. The topological polar surface area (TPSA) is 122 Å². The maximum absolute atomic E-state index is 13.4. The Balaban J connectivity index is 2.05. The van der Waals surface area contributed by atoms with Crippen molar-refractivity contribution in [3.63, 3.8) is 0 Å². The van der Waals surface area contributed by atoms with Crippen LogP contribution in [-0.4, -0.2) is 37.8 Å². The van der Waals surface area contributed by atoms with E-state index in [0.717, 1.165) is 16.7 Å². The summed E-state index contributed by atoms with van der Waals surface area (Å²) in [7, 11) is 4.03. The molecule has 2 unspecified atom stereocenters. The lowest BCUT2D eigenvalue weighted by atomic mass is 9.93. The standard InChI is InChI=1S/C18H23N6O2P/c1-9-5-10(2)12(11(3)6-9)14(25)18(27,26-4)7-24-8-21-13-15(19)22-17(20)23-16(13)24/h5-6,8H,7,27H2,1-4H3,(H4,19,20,22,23). The summed E-state index contributed by atoms with van der Waals surface area (Å²) in [5, 5.41) is -1.20. The molecule has 2 aromatic heterocycles. The summed E-state index contributed by atoms with van der Waals surface area (Å²) in [5.41, 5.74) is 16.0. The van der Waals surface area contributed by atoms with Gasteiger partial charge in [0.1, 0.15) is 5.52 Å². The highest BCUT2D eigenvalue weighted by molar-refractivity contribution is 7.20. The molecule has 0 fully saturated rings. The zero-order chi connectivity index (χ0) is 19.9. The number of anilines is 2. The summed E-state index contributed by atoms with van der Waals surface area (Å²) in [6, 6.07) is 3.98. The maximum Gasteiger partial charge on any atom is 0.224 e. The molecule has 0 amide bonds. The van der Waals surface area contributed by atoms with Gasteiger partial charge >= 0.3 is 0 Å². The smallest absolute Gasteiger partial charge is 0.224 e. The summed E-state index contributed by atoms with van der Waals surface area (Å²) in [5.74, 6) is 0.103. The van der Waals surface area contributed by atoms with Crippen molar-refractivity contribution in [2.45, 2.75) is 32.7 Å². The molecule has 3 rings (SSSR count). The third-order valence-corrected chi connectivity index (χ3v) is 5.25. The second-order valence-corrected chi connectivity index (χ2v) is 7.64. The zero-order valence-electron chi connectivity index (χ0n) is 15.8. The number of ketones is 1. The number of hydrogen-bond acceptors (Lipinski definition) is 7. The van der Waals surface area contributed by atoms with Gasteiger partial charge in [-0.2, -0.15) is 9.97 Å². The van der Waals surface area contributed by atoms with E-state index in [4.69, 9.17) is 16.2 Å². The number of carbonyl (C=O) groups is 1. The first kappa shape index (κ1) is 19.2. The number of aryl methyl sites for hydroxylation is 3. The van der Waals surface area contributed by atoms with Crippen molar-refractivity contribution in [2.75, 3.05) is 18.6 Å². The van der Waals surface area contributed by atoms with Gasteiger partial charge in [-0.25, -0.2) is 4.98 Å². The first-order valence-electron chi connectivity index (χ1n) is 8.37. The molecule has 0 aliphatic heterocycles. The zero-order valence-corrected chi connectivity index (χ0v) is 16.9. The number of methoxy groups -OCH3 is 1. The molecule has 0 saturated carbocycles. The van der Waals surface area contributed by atoms with Crippen LogP contribution in [0.1, 0.15) is 27.0 Å². The van der Waals surface area contributed by atoms with Crippen LogP contribution in [0.4, 0.5) is 11.8 Å². The average molecular weight is 386 g/mol. The molecule has 27 heavy (non-hydrogen) atoms. The van der Waals surface area contributed by atoms with E-state index in [1.165, 1.54) is 7.11 Å². The monoisotopic (exact) mass is 386 g/mol. The average Bonchev–Trinajstić information content (AvgIpc) is 2.96. The molecule has 0 radical (unpaired) electrons. The lowest BCUT2D eigenvalue weighted by Gasteiger charge is -2.28. The third kappa shape index (κ3) is 3.38. The van der Waals surface area contributed by atoms with E-state index in [-0.39, 0.29) is 24.1 Å².